The van der Waals surface area contributed by atoms with Gasteiger partial charge in [0.1, 0.15) is 0 Å². The molecule has 0 saturated carbocycles. The van der Waals surface area contributed by atoms with Gasteiger partial charge in [0.25, 0.3) is 0 Å². The maximum Gasteiger partial charge on any atom is 0.0514 e. The highest BCUT2D eigenvalue weighted by Gasteiger charge is 2.09. The molecular formula is C9H19ClO. The van der Waals surface area contributed by atoms with E-state index in [9.17, 15) is 0 Å². The normalized spacial score (nSPS) is 15.0. The molecule has 0 aromatic rings. The predicted octanol–water partition coefficient (Wildman–Crippen LogP) is 3.07. The van der Waals surface area contributed by atoms with Gasteiger partial charge in [-0.25, -0.2) is 0 Å². The van der Waals surface area contributed by atoms with Crippen LogP contribution in [-0.4, -0.2) is 18.6 Å². The first-order valence-corrected chi connectivity index (χ1v) is 4.57. The van der Waals surface area contributed by atoms with Gasteiger partial charge < -0.3 is 4.74 Å². The summed E-state index contributed by atoms with van der Waals surface area (Å²) in [7, 11) is 0. The molecule has 0 aliphatic rings. The standard InChI is InChI=1S/C9H19ClO/c1-8(10)5-6-11-7-9(2,3)4/h8H,5-7H2,1-4H3. The van der Waals surface area contributed by atoms with Gasteiger partial charge in [-0.1, -0.05) is 20.8 Å². The molecule has 0 N–H and O–H groups in total. The quantitative estimate of drug-likeness (QED) is 0.475. The van der Waals surface area contributed by atoms with E-state index >= 15 is 0 Å². The highest BCUT2D eigenvalue weighted by molar-refractivity contribution is 6.20. The van der Waals surface area contributed by atoms with E-state index in [0.717, 1.165) is 19.6 Å². The summed E-state index contributed by atoms with van der Waals surface area (Å²) in [5.74, 6) is 0. The van der Waals surface area contributed by atoms with Crippen LogP contribution in [-0.2, 0) is 4.74 Å². The number of ether oxygens (including phenoxy) is 1. The molecule has 0 saturated heterocycles. The lowest BCUT2D eigenvalue weighted by Crippen LogP contribution is -2.15. The molecule has 0 aromatic carbocycles. The summed E-state index contributed by atoms with van der Waals surface area (Å²) in [6, 6.07) is 0. The van der Waals surface area contributed by atoms with E-state index in [1.807, 2.05) is 6.92 Å². The number of alkyl halides is 1. The maximum atomic E-state index is 5.75. The van der Waals surface area contributed by atoms with Gasteiger partial charge in [0.05, 0.1) is 6.61 Å². The summed E-state index contributed by atoms with van der Waals surface area (Å²) >= 11 is 5.75. The minimum absolute atomic E-state index is 0.231. The van der Waals surface area contributed by atoms with Gasteiger partial charge in [-0.05, 0) is 18.8 Å². The van der Waals surface area contributed by atoms with Crippen molar-refractivity contribution in [2.75, 3.05) is 13.2 Å². The van der Waals surface area contributed by atoms with Gasteiger partial charge in [-0.3, -0.25) is 0 Å². The third kappa shape index (κ3) is 10.2. The van der Waals surface area contributed by atoms with Crippen LogP contribution in [0.3, 0.4) is 0 Å². The van der Waals surface area contributed by atoms with Gasteiger partial charge in [-0.2, -0.15) is 0 Å². The number of hydrogen-bond acceptors (Lipinski definition) is 1. The van der Waals surface area contributed by atoms with Gasteiger partial charge in [0, 0.05) is 12.0 Å². The fraction of sp³-hybridized carbons (Fsp3) is 1.00. The molecule has 11 heavy (non-hydrogen) atoms. The van der Waals surface area contributed by atoms with Crippen LogP contribution in [0.25, 0.3) is 0 Å². The van der Waals surface area contributed by atoms with E-state index in [1.165, 1.54) is 0 Å². The number of rotatable bonds is 4. The third-order valence-corrected chi connectivity index (χ3v) is 1.41. The summed E-state index contributed by atoms with van der Waals surface area (Å²) < 4.78 is 5.42. The van der Waals surface area contributed by atoms with Crippen LogP contribution in [0.2, 0.25) is 0 Å². The Bertz CT molecular complexity index is 94.2. The fourth-order valence-electron chi connectivity index (χ4n) is 0.624. The Balaban J connectivity index is 3.15. The van der Waals surface area contributed by atoms with Gasteiger partial charge >= 0.3 is 0 Å². The number of hydrogen-bond donors (Lipinski definition) is 0. The Labute approximate surface area is 75.1 Å². The van der Waals surface area contributed by atoms with Crippen molar-refractivity contribution >= 4 is 11.6 Å². The van der Waals surface area contributed by atoms with E-state index in [2.05, 4.69) is 20.8 Å². The highest BCUT2D eigenvalue weighted by atomic mass is 35.5. The molecule has 0 rings (SSSR count). The Morgan fingerprint density at radius 1 is 1.36 bits per heavy atom. The zero-order valence-electron chi connectivity index (χ0n) is 7.98. The van der Waals surface area contributed by atoms with E-state index in [4.69, 9.17) is 16.3 Å². The molecule has 0 aromatic heterocycles. The Hall–Kier alpha value is 0.250. The first-order chi connectivity index (χ1) is 4.92. The lowest BCUT2D eigenvalue weighted by atomic mass is 9.99. The summed E-state index contributed by atoms with van der Waals surface area (Å²) in [6.07, 6.45) is 0.942. The predicted molar refractivity (Wildman–Crippen MR) is 50.2 cm³/mol. The Kier molecular flexibility index (Phi) is 5.11. The molecule has 1 atom stereocenters. The van der Waals surface area contributed by atoms with Crippen molar-refractivity contribution in [3.8, 4) is 0 Å². The minimum Gasteiger partial charge on any atom is -0.381 e. The summed E-state index contributed by atoms with van der Waals surface area (Å²) in [4.78, 5) is 0. The number of halogens is 1. The third-order valence-electron chi connectivity index (χ3n) is 1.20. The van der Waals surface area contributed by atoms with Crippen molar-refractivity contribution in [2.45, 2.75) is 39.5 Å². The van der Waals surface area contributed by atoms with Crippen molar-refractivity contribution < 1.29 is 4.74 Å². The first kappa shape index (κ1) is 11.2. The van der Waals surface area contributed by atoms with Crippen LogP contribution in [0.15, 0.2) is 0 Å². The molecule has 1 nitrogen and oxygen atoms in total. The van der Waals surface area contributed by atoms with Gasteiger partial charge in [0.2, 0.25) is 0 Å². The molecule has 0 heterocycles. The van der Waals surface area contributed by atoms with Crippen LogP contribution in [0.5, 0.6) is 0 Å². The summed E-state index contributed by atoms with van der Waals surface area (Å²) in [5, 5.41) is 0.231. The van der Waals surface area contributed by atoms with E-state index in [-0.39, 0.29) is 10.8 Å². The summed E-state index contributed by atoms with van der Waals surface area (Å²) in [5.41, 5.74) is 0.273. The van der Waals surface area contributed by atoms with Crippen molar-refractivity contribution in [2.24, 2.45) is 5.41 Å². The van der Waals surface area contributed by atoms with Gasteiger partial charge in [0.15, 0.2) is 0 Å². The molecule has 0 aliphatic heterocycles. The zero-order valence-corrected chi connectivity index (χ0v) is 8.74. The van der Waals surface area contributed by atoms with E-state index < -0.39 is 0 Å². The second kappa shape index (κ2) is 5.00. The lowest BCUT2D eigenvalue weighted by Gasteiger charge is -2.18. The molecule has 0 fully saturated rings. The van der Waals surface area contributed by atoms with E-state index in [1.54, 1.807) is 0 Å². The topological polar surface area (TPSA) is 9.23 Å². The zero-order chi connectivity index (χ0) is 8.91. The second-order valence-electron chi connectivity index (χ2n) is 4.18. The lowest BCUT2D eigenvalue weighted by molar-refractivity contribution is 0.0698. The van der Waals surface area contributed by atoms with Crippen LogP contribution < -0.4 is 0 Å². The molecule has 0 spiro atoms. The first-order valence-electron chi connectivity index (χ1n) is 4.13. The van der Waals surface area contributed by atoms with Crippen LogP contribution >= 0.6 is 11.6 Å². The Morgan fingerprint density at radius 2 is 1.91 bits per heavy atom. The van der Waals surface area contributed by atoms with Crippen molar-refractivity contribution in [1.82, 2.24) is 0 Å². The fourth-order valence-corrected chi connectivity index (χ4v) is 0.713. The highest BCUT2D eigenvalue weighted by Crippen LogP contribution is 2.13. The molecule has 68 valence electrons. The van der Waals surface area contributed by atoms with E-state index in [0.29, 0.717) is 0 Å². The smallest absolute Gasteiger partial charge is 0.0514 e. The van der Waals surface area contributed by atoms with Gasteiger partial charge in [-0.15, -0.1) is 11.6 Å². The molecule has 0 bridgehead atoms. The van der Waals surface area contributed by atoms with Crippen molar-refractivity contribution in [1.29, 1.82) is 0 Å². The van der Waals surface area contributed by atoms with Crippen LogP contribution in [0.4, 0.5) is 0 Å². The Morgan fingerprint density at radius 3 is 2.27 bits per heavy atom. The monoisotopic (exact) mass is 178 g/mol. The second-order valence-corrected chi connectivity index (χ2v) is 4.93. The summed E-state index contributed by atoms with van der Waals surface area (Å²) in [6.45, 7) is 10.1. The van der Waals surface area contributed by atoms with Crippen molar-refractivity contribution in [3.63, 3.8) is 0 Å². The maximum absolute atomic E-state index is 5.75. The minimum atomic E-state index is 0.231. The SMILES string of the molecule is CC(Cl)CCOCC(C)(C)C. The molecule has 2 heteroatoms. The van der Waals surface area contributed by atoms with Crippen LogP contribution in [0, 0.1) is 5.41 Å². The largest absolute Gasteiger partial charge is 0.381 e. The average Bonchev–Trinajstić information content (AvgIpc) is 1.78. The molecule has 0 amide bonds. The molecule has 1 unspecified atom stereocenters. The molecule has 0 radical (unpaired) electrons. The van der Waals surface area contributed by atoms with Crippen molar-refractivity contribution in [3.05, 3.63) is 0 Å². The van der Waals surface area contributed by atoms with Crippen LogP contribution in [0.1, 0.15) is 34.1 Å². The molecular weight excluding hydrogens is 160 g/mol. The average molecular weight is 179 g/mol. The molecule has 0 aliphatic carbocycles.